The molecule has 1 saturated carbocycles. The van der Waals surface area contributed by atoms with Crippen molar-refractivity contribution < 1.29 is 17.9 Å². The number of carbonyl (C=O) groups is 1. The lowest BCUT2D eigenvalue weighted by atomic mass is 9.96. The maximum atomic E-state index is 13.2. The molecule has 1 amide bonds. The van der Waals surface area contributed by atoms with E-state index < -0.39 is 16.1 Å². The van der Waals surface area contributed by atoms with Gasteiger partial charge in [-0.15, -0.1) is 0 Å². The molecule has 174 valence electrons. The summed E-state index contributed by atoms with van der Waals surface area (Å²) >= 11 is 6.13. The highest BCUT2D eigenvalue weighted by Crippen LogP contribution is 2.27. The number of ether oxygens (including phenoxy) is 1. The minimum Gasteiger partial charge on any atom is -0.495 e. The average Bonchev–Trinajstić information content (AvgIpc) is 2.75. The molecule has 1 aliphatic carbocycles. The van der Waals surface area contributed by atoms with Crippen LogP contribution in [-0.2, 0) is 21.2 Å². The zero-order chi connectivity index (χ0) is 23.0. The molecule has 0 spiro atoms. The van der Waals surface area contributed by atoms with E-state index in [-0.39, 0.29) is 28.3 Å². The normalized spacial score (nSPS) is 16.6. The van der Waals surface area contributed by atoms with E-state index in [0.29, 0.717) is 5.75 Å². The van der Waals surface area contributed by atoms with Gasteiger partial charge in [-0.3, -0.25) is 4.79 Å². The molecule has 0 aromatic heterocycles. The third kappa shape index (κ3) is 6.95. The van der Waals surface area contributed by atoms with Gasteiger partial charge in [-0.1, -0.05) is 74.0 Å². The molecule has 0 heterocycles. The largest absolute Gasteiger partial charge is 0.495 e. The maximum Gasteiger partial charge on any atom is 0.241 e. The van der Waals surface area contributed by atoms with Gasteiger partial charge in [0.1, 0.15) is 11.8 Å². The zero-order valence-corrected chi connectivity index (χ0v) is 19.9. The molecule has 6 nitrogen and oxygen atoms in total. The van der Waals surface area contributed by atoms with Crippen molar-refractivity contribution in [2.75, 3.05) is 7.11 Å². The SMILES string of the molecule is COc1ccc(S(=O)(=O)NC(Cc2ccccc2)C(=O)NC2CCCCCCC2)cc1Cl. The van der Waals surface area contributed by atoms with E-state index in [9.17, 15) is 13.2 Å². The summed E-state index contributed by atoms with van der Waals surface area (Å²) in [5, 5.41) is 3.29. The summed E-state index contributed by atoms with van der Waals surface area (Å²) in [4.78, 5) is 13.2. The van der Waals surface area contributed by atoms with Crippen LogP contribution in [0.25, 0.3) is 0 Å². The van der Waals surface area contributed by atoms with Gasteiger partial charge in [-0.05, 0) is 43.0 Å². The fraction of sp³-hybridized carbons (Fsp3) is 0.458. The quantitative estimate of drug-likeness (QED) is 0.586. The van der Waals surface area contributed by atoms with Crippen molar-refractivity contribution >= 4 is 27.5 Å². The number of methoxy groups -OCH3 is 1. The Morgan fingerprint density at radius 1 is 1.06 bits per heavy atom. The number of hydrogen-bond donors (Lipinski definition) is 2. The van der Waals surface area contributed by atoms with Crippen molar-refractivity contribution in [2.45, 2.75) is 68.3 Å². The first-order chi connectivity index (χ1) is 15.4. The monoisotopic (exact) mass is 478 g/mol. The van der Waals surface area contributed by atoms with E-state index in [4.69, 9.17) is 16.3 Å². The molecule has 0 saturated heterocycles. The van der Waals surface area contributed by atoms with Gasteiger partial charge in [-0.2, -0.15) is 4.72 Å². The Morgan fingerprint density at radius 2 is 1.72 bits per heavy atom. The number of halogens is 1. The molecule has 0 bridgehead atoms. The van der Waals surface area contributed by atoms with Crippen LogP contribution in [0.4, 0.5) is 0 Å². The van der Waals surface area contributed by atoms with E-state index in [1.54, 1.807) is 0 Å². The van der Waals surface area contributed by atoms with E-state index in [2.05, 4.69) is 10.0 Å². The first kappa shape index (κ1) is 24.6. The van der Waals surface area contributed by atoms with Gasteiger partial charge >= 0.3 is 0 Å². The van der Waals surface area contributed by atoms with Gasteiger partial charge in [0, 0.05) is 6.04 Å². The second-order valence-electron chi connectivity index (χ2n) is 8.21. The number of amides is 1. The summed E-state index contributed by atoms with van der Waals surface area (Å²) in [6.07, 6.45) is 7.82. The standard InChI is InChI=1S/C24H31ClN2O4S/c1-31-23-15-14-20(17-21(23)25)32(29,30)27-22(16-18-10-6-5-7-11-18)24(28)26-19-12-8-3-2-4-9-13-19/h5-7,10-11,14-15,17,19,22,27H,2-4,8-9,12-13,16H2,1H3,(H,26,28). The molecule has 1 atom stereocenters. The lowest BCUT2D eigenvalue weighted by Gasteiger charge is -2.25. The molecule has 2 aromatic carbocycles. The van der Waals surface area contributed by atoms with Crippen molar-refractivity contribution in [3.63, 3.8) is 0 Å². The fourth-order valence-electron chi connectivity index (χ4n) is 4.01. The lowest BCUT2D eigenvalue weighted by Crippen LogP contribution is -2.50. The molecule has 1 unspecified atom stereocenters. The van der Waals surface area contributed by atoms with Gasteiger partial charge < -0.3 is 10.1 Å². The van der Waals surface area contributed by atoms with E-state index in [1.807, 2.05) is 30.3 Å². The highest BCUT2D eigenvalue weighted by atomic mass is 35.5. The third-order valence-electron chi connectivity index (χ3n) is 5.78. The Balaban J connectivity index is 1.80. The van der Waals surface area contributed by atoms with Gasteiger partial charge in [0.15, 0.2) is 0 Å². The minimum absolute atomic E-state index is 0.0138. The number of carbonyl (C=O) groups excluding carboxylic acids is 1. The smallest absolute Gasteiger partial charge is 0.241 e. The van der Waals surface area contributed by atoms with Gasteiger partial charge in [-0.25, -0.2) is 8.42 Å². The van der Waals surface area contributed by atoms with Crippen LogP contribution in [0, 0.1) is 0 Å². The van der Waals surface area contributed by atoms with Crippen LogP contribution in [0.1, 0.15) is 50.5 Å². The molecule has 8 heteroatoms. The summed E-state index contributed by atoms with van der Waals surface area (Å²) < 4.78 is 33.9. The molecule has 1 fully saturated rings. The van der Waals surface area contributed by atoms with Crippen LogP contribution < -0.4 is 14.8 Å². The van der Waals surface area contributed by atoms with Gasteiger partial charge in [0.2, 0.25) is 15.9 Å². The van der Waals surface area contributed by atoms with Crippen molar-refractivity contribution in [2.24, 2.45) is 0 Å². The number of benzene rings is 2. The van der Waals surface area contributed by atoms with Crippen LogP contribution in [0.2, 0.25) is 5.02 Å². The number of hydrogen-bond acceptors (Lipinski definition) is 4. The molecular formula is C24H31ClN2O4S. The van der Waals surface area contributed by atoms with Crippen LogP contribution in [-0.4, -0.2) is 33.5 Å². The van der Waals surface area contributed by atoms with Crippen molar-refractivity contribution in [1.82, 2.24) is 10.0 Å². The number of rotatable bonds is 8. The second-order valence-corrected chi connectivity index (χ2v) is 10.3. The van der Waals surface area contributed by atoms with E-state index in [0.717, 1.165) is 31.2 Å². The predicted octanol–water partition coefficient (Wildman–Crippen LogP) is 4.47. The Kier molecular flexibility index (Phi) is 8.96. The van der Waals surface area contributed by atoms with Gasteiger partial charge in [0.25, 0.3) is 0 Å². The van der Waals surface area contributed by atoms with Crippen molar-refractivity contribution in [1.29, 1.82) is 0 Å². The Morgan fingerprint density at radius 3 is 2.34 bits per heavy atom. The summed E-state index contributed by atoms with van der Waals surface area (Å²) in [6, 6.07) is 12.8. The lowest BCUT2D eigenvalue weighted by molar-refractivity contribution is -0.123. The summed E-state index contributed by atoms with van der Waals surface area (Å²) in [6.45, 7) is 0. The van der Waals surface area contributed by atoms with Crippen LogP contribution >= 0.6 is 11.6 Å². The summed E-state index contributed by atoms with van der Waals surface area (Å²) in [5.41, 5.74) is 0.876. The van der Waals surface area contributed by atoms with Crippen LogP contribution in [0.3, 0.4) is 0 Å². The fourth-order valence-corrected chi connectivity index (χ4v) is 5.55. The number of sulfonamides is 1. The predicted molar refractivity (Wildman–Crippen MR) is 127 cm³/mol. The topological polar surface area (TPSA) is 84.5 Å². The molecular weight excluding hydrogens is 448 g/mol. The molecule has 32 heavy (non-hydrogen) atoms. The molecule has 0 aliphatic heterocycles. The Labute approximate surface area is 195 Å². The highest BCUT2D eigenvalue weighted by Gasteiger charge is 2.28. The second kappa shape index (κ2) is 11.7. The van der Waals surface area contributed by atoms with Gasteiger partial charge in [0.05, 0.1) is 17.0 Å². The first-order valence-electron chi connectivity index (χ1n) is 11.1. The maximum absolute atomic E-state index is 13.2. The third-order valence-corrected chi connectivity index (χ3v) is 7.55. The molecule has 2 aromatic rings. The average molecular weight is 479 g/mol. The first-order valence-corrected chi connectivity index (χ1v) is 13.0. The highest BCUT2D eigenvalue weighted by molar-refractivity contribution is 7.89. The van der Waals surface area contributed by atoms with E-state index >= 15 is 0 Å². The summed E-state index contributed by atoms with van der Waals surface area (Å²) in [5.74, 6) is 0.0797. The minimum atomic E-state index is -3.98. The molecule has 3 rings (SSSR count). The molecule has 2 N–H and O–H groups in total. The molecule has 1 aliphatic rings. The Bertz CT molecular complexity index is 990. The van der Waals surface area contributed by atoms with E-state index in [1.165, 1.54) is 44.6 Å². The molecule has 0 radical (unpaired) electrons. The Hall–Kier alpha value is -2.09. The van der Waals surface area contributed by atoms with Crippen LogP contribution in [0.5, 0.6) is 5.75 Å². The van der Waals surface area contributed by atoms with Crippen LogP contribution in [0.15, 0.2) is 53.4 Å². The number of nitrogens with one attached hydrogen (secondary N) is 2. The summed E-state index contributed by atoms with van der Waals surface area (Å²) in [7, 11) is -2.52. The van der Waals surface area contributed by atoms with Crippen molar-refractivity contribution in [3.8, 4) is 5.75 Å². The zero-order valence-electron chi connectivity index (χ0n) is 18.3. The van der Waals surface area contributed by atoms with Crippen molar-refractivity contribution in [3.05, 3.63) is 59.1 Å².